The third kappa shape index (κ3) is 5.68. The third-order valence-electron chi connectivity index (χ3n) is 7.63. The first-order valence-electron chi connectivity index (χ1n) is 13.1. The van der Waals surface area contributed by atoms with Crippen molar-refractivity contribution < 1.29 is 19.4 Å². The highest BCUT2D eigenvalue weighted by atomic mass is 16.5. The maximum atomic E-state index is 12.3. The number of carboxylic acid groups (broad SMARTS) is 1. The molecular weight excluding hydrogens is 442 g/mol. The van der Waals surface area contributed by atoms with Gasteiger partial charge < -0.3 is 19.9 Å². The van der Waals surface area contributed by atoms with Gasteiger partial charge in [0.15, 0.2) is 0 Å². The van der Waals surface area contributed by atoms with Crippen LogP contribution in [0, 0.1) is 0 Å². The van der Waals surface area contributed by atoms with Gasteiger partial charge in [-0.05, 0) is 67.7 Å². The van der Waals surface area contributed by atoms with Crippen molar-refractivity contribution >= 4 is 11.8 Å². The molecule has 188 valence electrons. The molecule has 1 saturated carbocycles. The minimum absolute atomic E-state index is 0.0859. The SMILES string of the molecule is CO[C@H]1CC1c1ccccc1[C@@H](C(=O)O)N1CC[C@@H](OCCCCc2ccc3c(n2)NCCC3)C1. The number of methoxy groups -OCH3 is 1. The molecular formula is C28H37N3O4. The zero-order valence-corrected chi connectivity index (χ0v) is 20.6. The zero-order valence-electron chi connectivity index (χ0n) is 20.6. The maximum absolute atomic E-state index is 12.3. The van der Waals surface area contributed by atoms with E-state index in [0.717, 1.165) is 74.3 Å². The lowest BCUT2D eigenvalue weighted by Gasteiger charge is -2.26. The molecule has 0 radical (unpaired) electrons. The zero-order chi connectivity index (χ0) is 24.2. The second-order valence-electron chi connectivity index (χ2n) is 10.1. The summed E-state index contributed by atoms with van der Waals surface area (Å²) in [4.78, 5) is 19.2. The standard InChI is InChI=1S/C28H37N3O4/c1-34-25-17-24(25)22-9-2-3-10-23(22)26(28(32)33)31-15-13-21(18-31)35-16-5-4-8-20-12-11-19-7-6-14-29-27(19)30-20/h2-3,9-12,21,24-26H,4-8,13-18H2,1H3,(H,29,30)(H,32,33)/t21-,24?,25+,26+/m1/s1. The Morgan fingerprint density at radius 3 is 2.97 bits per heavy atom. The molecule has 0 bridgehead atoms. The molecule has 0 spiro atoms. The van der Waals surface area contributed by atoms with Gasteiger partial charge in [0.1, 0.15) is 11.9 Å². The van der Waals surface area contributed by atoms with Crippen molar-refractivity contribution in [3.8, 4) is 0 Å². The molecule has 7 heteroatoms. The van der Waals surface area contributed by atoms with Crippen LogP contribution in [0.15, 0.2) is 36.4 Å². The summed E-state index contributed by atoms with van der Waals surface area (Å²) in [5.74, 6) is 0.567. The van der Waals surface area contributed by atoms with Gasteiger partial charge in [-0.1, -0.05) is 30.3 Å². The number of hydrogen-bond acceptors (Lipinski definition) is 6. The minimum Gasteiger partial charge on any atom is -0.480 e. The number of fused-ring (bicyclic) bond motifs is 1. The minimum atomic E-state index is -0.792. The molecule has 35 heavy (non-hydrogen) atoms. The molecule has 2 aromatic rings. The Morgan fingerprint density at radius 2 is 2.14 bits per heavy atom. The number of aryl methyl sites for hydroxylation is 2. The Balaban J connectivity index is 1.10. The number of likely N-dealkylation sites (tertiary alicyclic amines) is 1. The van der Waals surface area contributed by atoms with E-state index in [1.807, 2.05) is 18.2 Å². The Bertz CT molecular complexity index is 1030. The average Bonchev–Trinajstić information content (AvgIpc) is 3.53. The molecule has 1 saturated heterocycles. The van der Waals surface area contributed by atoms with Gasteiger partial charge in [0.05, 0.1) is 12.2 Å². The van der Waals surface area contributed by atoms with Gasteiger partial charge in [-0.25, -0.2) is 4.98 Å². The van der Waals surface area contributed by atoms with E-state index in [2.05, 4.69) is 28.4 Å². The fraction of sp³-hybridized carbons (Fsp3) is 0.571. The fourth-order valence-electron chi connectivity index (χ4n) is 5.63. The highest BCUT2D eigenvalue weighted by Gasteiger charge is 2.43. The smallest absolute Gasteiger partial charge is 0.325 e. The second-order valence-corrected chi connectivity index (χ2v) is 10.1. The van der Waals surface area contributed by atoms with Gasteiger partial charge in [0.25, 0.3) is 0 Å². The molecule has 1 aromatic carbocycles. The van der Waals surface area contributed by atoms with Crippen molar-refractivity contribution in [2.75, 3.05) is 38.7 Å². The number of nitrogens with zero attached hydrogens (tertiary/aromatic N) is 2. The van der Waals surface area contributed by atoms with Crippen LogP contribution in [0.25, 0.3) is 0 Å². The number of benzene rings is 1. The van der Waals surface area contributed by atoms with E-state index in [-0.39, 0.29) is 12.2 Å². The van der Waals surface area contributed by atoms with Crippen LogP contribution in [0.5, 0.6) is 0 Å². The molecule has 3 heterocycles. The summed E-state index contributed by atoms with van der Waals surface area (Å²) in [6, 6.07) is 11.7. The molecule has 1 aliphatic carbocycles. The van der Waals surface area contributed by atoms with Crippen molar-refractivity contribution in [3.05, 3.63) is 58.8 Å². The number of rotatable bonds is 11. The van der Waals surface area contributed by atoms with Crippen LogP contribution in [0.1, 0.15) is 66.4 Å². The number of aliphatic carboxylic acids is 1. The maximum Gasteiger partial charge on any atom is 0.325 e. The van der Waals surface area contributed by atoms with Crippen molar-refractivity contribution in [3.63, 3.8) is 0 Å². The Labute approximate surface area is 207 Å². The van der Waals surface area contributed by atoms with Crippen molar-refractivity contribution in [1.82, 2.24) is 9.88 Å². The Kier molecular flexibility index (Phi) is 7.66. The highest BCUT2D eigenvalue weighted by molar-refractivity contribution is 5.76. The number of unbranched alkanes of at least 4 members (excludes halogenated alkanes) is 1. The monoisotopic (exact) mass is 479 g/mol. The summed E-state index contributed by atoms with van der Waals surface area (Å²) in [5, 5.41) is 13.5. The van der Waals surface area contributed by atoms with Crippen LogP contribution in [-0.2, 0) is 27.1 Å². The van der Waals surface area contributed by atoms with Gasteiger partial charge in [-0.15, -0.1) is 0 Å². The number of aromatic nitrogens is 1. The predicted molar refractivity (Wildman–Crippen MR) is 135 cm³/mol. The highest BCUT2D eigenvalue weighted by Crippen LogP contribution is 2.46. The van der Waals surface area contributed by atoms with Crippen LogP contribution in [0.2, 0.25) is 0 Å². The lowest BCUT2D eigenvalue weighted by molar-refractivity contribution is -0.143. The van der Waals surface area contributed by atoms with E-state index in [1.54, 1.807) is 7.11 Å². The number of ether oxygens (including phenoxy) is 2. The van der Waals surface area contributed by atoms with Gasteiger partial charge in [0.2, 0.25) is 0 Å². The largest absolute Gasteiger partial charge is 0.480 e. The number of pyridine rings is 1. The van der Waals surface area contributed by atoms with E-state index in [1.165, 1.54) is 12.0 Å². The fourth-order valence-corrected chi connectivity index (χ4v) is 5.63. The lowest BCUT2D eigenvalue weighted by Crippen LogP contribution is -2.34. The first-order valence-corrected chi connectivity index (χ1v) is 13.1. The molecule has 1 unspecified atom stereocenters. The van der Waals surface area contributed by atoms with Crippen molar-refractivity contribution in [1.29, 1.82) is 0 Å². The van der Waals surface area contributed by atoms with Crippen LogP contribution in [0.3, 0.4) is 0 Å². The van der Waals surface area contributed by atoms with Gasteiger partial charge in [0, 0.05) is 45.0 Å². The quantitative estimate of drug-likeness (QED) is 0.468. The summed E-state index contributed by atoms with van der Waals surface area (Å²) in [6.45, 7) is 3.11. The molecule has 4 atom stereocenters. The third-order valence-corrected chi connectivity index (χ3v) is 7.63. The summed E-state index contributed by atoms with van der Waals surface area (Å²) >= 11 is 0. The first-order chi connectivity index (χ1) is 17.1. The number of carbonyl (C=O) groups is 1. The van der Waals surface area contributed by atoms with E-state index in [0.29, 0.717) is 19.1 Å². The molecule has 2 fully saturated rings. The molecule has 1 aromatic heterocycles. The number of carboxylic acids is 1. The molecule has 5 rings (SSSR count). The Morgan fingerprint density at radius 1 is 1.26 bits per heavy atom. The van der Waals surface area contributed by atoms with Gasteiger partial charge in [-0.2, -0.15) is 0 Å². The topological polar surface area (TPSA) is 83.9 Å². The van der Waals surface area contributed by atoms with Crippen molar-refractivity contribution in [2.45, 2.75) is 69.1 Å². The van der Waals surface area contributed by atoms with E-state index >= 15 is 0 Å². The van der Waals surface area contributed by atoms with Crippen LogP contribution in [0.4, 0.5) is 5.82 Å². The van der Waals surface area contributed by atoms with Gasteiger partial charge in [-0.3, -0.25) is 9.69 Å². The second kappa shape index (κ2) is 11.1. The summed E-state index contributed by atoms with van der Waals surface area (Å²) in [6.07, 6.45) is 7.39. The molecule has 0 amide bonds. The Hall–Kier alpha value is -2.48. The molecule has 2 N–H and O–H groups in total. The van der Waals surface area contributed by atoms with E-state index in [4.69, 9.17) is 14.5 Å². The molecule has 2 aliphatic heterocycles. The van der Waals surface area contributed by atoms with Gasteiger partial charge >= 0.3 is 5.97 Å². The number of anilines is 1. The average molecular weight is 480 g/mol. The number of hydrogen-bond donors (Lipinski definition) is 2. The molecule has 3 aliphatic rings. The molecule has 7 nitrogen and oxygen atoms in total. The normalized spacial score (nSPS) is 24.5. The van der Waals surface area contributed by atoms with Crippen LogP contribution in [-0.4, -0.2) is 66.5 Å². The first kappa shape index (κ1) is 24.2. The summed E-state index contributed by atoms with van der Waals surface area (Å²) in [5.41, 5.74) is 4.48. The summed E-state index contributed by atoms with van der Waals surface area (Å²) in [7, 11) is 1.73. The van der Waals surface area contributed by atoms with Crippen molar-refractivity contribution in [2.24, 2.45) is 0 Å². The predicted octanol–water partition coefficient (Wildman–Crippen LogP) is 4.18. The van der Waals surface area contributed by atoms with Crippen LogP contribution < -0.4 is 5.32 Å². The van der Waals surface area contributed by atoms with Crippen LogP contribution >= 0.6 is 0 Å². The lowest BCUT2D eigenvalue weighted by atomic mass is 9.96. The number of nitrogens with one attached hydrogen (secondary N) is 1. The van der Waals surface area contributed by atoms with E-state index < -0.39 is 12.0 Å². The van der Waals surface area contributed by atoms with E-state index in [9.17, 15) is 9.90 Å². The summed E-state index contributed by atoms with van der Waals surface area (Å²) < 4.78 is 11.7.